The number of hydrogen-bond acceptors (Lipinski definition) is 6. The smallest absolute Gasteiger partial charge is 0.210 e. The first kappa shape index (κ1) is 18.6. The van der Waals surface area contributed by atoms with Crippen molar-refractivity contribution in [1.29, 1.82) is 0 Å². The molecule has 146 valence electrons. The fourth-order valence-corrected chi connectivity index (χ4v) is 3.47. The van der Waals surface area contributed by atoms with Crippen molar-refractivity contribution in [2.24, 2.45) is 0 Å². The molecule has 3 aromatic heterocycles. The van der Waals surface area contributed by atoms with Crippen molar-refractivity contribution in [1.82, 2.24) is 14.4 Å². The van der Waals surface area contributed by atoms with Crippen molar-refractivity contribution in [3.63, 3.8) is 0 Å². The van der Waals surface area contributed by atoms with Crippen LogP contribution >= 0.6 is 0 Å². The van der Waals surface area contributed by atoms with E-state index in [1.165, 1.54) is 13.8 Å². The third kappa shape index (κ3) is 3.20. The quantitative estimate of drug-likeness (QED) is 0.504. The summed E-state index contributed by atoms with van der Waals surface area (Å²) in [6.45, 7) is 3.45. The minimum atomic E-state index is -0.185. The Balaban J connectivity index is 2.02. The Morgan fingerprint density at radius 1 is 1.10 bits per heavy atom. The van der Waals surface area contributed by atoms with Gasteiger partial charge in [-0.2, -0.15) is 0 Å². The van der Waals surface area contributed by atoms with E-state index in [1.54, 1.807) is 29.8 Å². The van der Waals surface area contributed by atoms with Crippen LogP contribution in [0.2, 0.25) is 0 Å². The van der Waals surface area contributed by atoms with Gasteiger partial charge in [-0.15, -0.1) is 0 Å². The zero-order valence-electron chi connectivity index (χ0n) is 16.4. The molecule has 29 heavy (non-hydrogen) atoms. The average molecular weight is 388 g/mol. The van der Waals surface area contributed by atoms with Gasteiger partial charge < -0.3 is 10.1 Å². The average Bonchev–Trinajstić information content (AvgIpc) is 3.07. The Morgan fingerprint density at radius 2 is 1.86 bits per heavy atom. The molecule has 0 unspecified atom stereocenters. The third-order valence-corrected chi connectivity index (χ3v) is 4.79. The first-order valence-corrected chi connectivity index (χ1v) is 9.19. The molecular formula is C22H20N4O3. The van der Waals surface area contributed by atoms with Crippen molar-refractivity contribution in [3.8, 4) is 5.75 Å². The van der Waals surface area contributed by atoms with Crippen LogP contribution in [0.25, 0.3) is 16.6 Å². The van der Waals surface area contributed by atoms with Crippen LogP contribution in [0.15, 0.2) is 48.7 Å². The van der Waals surface area contributed by atoms with Crippen LogP contribution in [0.5, 0.6) is 5.75 Å². The lowest BCUT2D eigenvalue weighted by atomic mass is 10.1. The molecule has 0 aliphatic heterocycles. The number of rotatable bonds is 6. The second-order valence-electron chi connectivity index (χ2n) is 6.72. The van der Waals surface area contributed by atoms with E-state index in [0.717, 1.165) is 5.56 Å². The normalized spacial score (nSPS) is 11.0. The van der Waals surface area contributed by atoms with Crippen LogP contribution in [0.1, 0.15) is 40.3 Å². The van der Waals surface area contributed by atoms with Crippen LogP contribution in [-0.4, -0.2) is 33.0 Å². The Hall–Kier alpha value is -3.74. The predicted octanol–water partition coefficient (Wildman–Crippen LogP) is 3.91. The fraction of sp³-hybridized carbons (Fsp3) is 0.182. The van der Waals surface area contributed by atoms with Gasteiger partial charge in [0.15, 0.2) is 17.2 Å². The van der Waals surface area contributed by atoms with Crippen molar-refractivity contribution >= 4 is 34.1 Å². The summed E-state index contributed by atoms with van der Waals surface area (Å²) in [5.74, 6) is 0.658. The van der Waals surface area contributed by atoms with Crippen LogP contribution < -0.4 is 10.1 Å². The number of ether oxygens (including phenoxy) is 1. The maximum atomic E-state index is 12.6. The van der Waals surface area contributed by atoms with Crippen LogP contribution in [0.3, 0.4) is 0 Å². The number of nitrogens with zero attached hydrogens (tertiary/aromatic N) is 3. The van der Waals surface area contributed by atoms with Crippen LogP contribution in [0.4, 0.5) is 5.95 Å². The van der Waals surface area contributed by atoms with Crippen LogP contribution in [0, 0.1) is 0 Å². The van der Waals surface area contributed by atoms with Gasteiger partial charge in [-0.05, 0) is 24.6 Å². The Morgan fingerprint density at radius 3 is 2.52 bits per heavy atom. The summed E-state index contributed by atoms with van der Waals surface area (Å²) in [6.07, 6.45) is 1.62. The SMILES string of the molecule is COc1ccnc2c1c(C(C)=O)c1cc(C(C)=O)nc(NCc3ccccc3)n12. The summed E-state index contributed by atoms with van der Waals surface area (Å²) in [5, 5.41) is 3.89. The number of fused-ring (bicyclic) bond motifs is 3. The number of anilines is 1. The molecule has 4 rings (SSSR count). The van der Waals surface area contributed by atoms with Gasteiger partial charge >= 0.3 is 0 Å². The summed E-state index contributed by atoms with van der Waals surface area (Å²) in [4.78, 5) is 33.6. The molecule has 0 fully saturated rings. The zero-order chi connectivity index (χ0) is 20.5. The number of carbonyl (C=O) groups excluding carboxylic acids is 2. The first-order chi connectivity index (χ1) is 14.0. The summed E-state index contributed by atoms with van der Waals surface area (Å²) < 4.78 is 7.25. The molecule has 1 aromatic carbocycles. The molecule has 0 saturated heterocycles. The molecule has 1 N–H and O–H groups in total. The highest BCUT2D eigenvalue weighted by Gasteiger charge is 2.23. The van der Waals surface area contributed by atoms with Crippen molar-refractivity contribution in [3.05, 3.63) is 65.5 Å². The highest BCUT2D eigenvalue weighted by molar-refractivity contribution is 6.15. The lowest BCUT2D eigenvalue weighted by molar-refractivity contribution is 0.100. The van der Waals surface area contributed by atoms with E-state index in [-0.39, 0.29) is 17.3 Å². The largest absolute Gasteiger partial charge is 0.496 e. The Labute approximate surface area is 167 Å². The lowest BCUT2D eigenvalue weighted by Gasteiger charge is -2.11. The molecule has 0 bridgehead atoms. The van der Waals surface area contributed by atoms with E-state index < -0.39 is 0 Å². The number of carbonyl (C=O) groups is 2. The molecule has 0 radical (unpaired) electrons. The van der Waals surface area contributed by atoms with Gasteiger partial charge in [0, 0.05) is 19.7 Å². The van der Waals surface area contributed by atoms with E-state index in [0.29, 0.717) is 40.4 Å². The van der Waals surface area contributed by atoms with Crippen LogP contribution in [-0.2, 0) is 6.54 Å². The summed E-state index contributed by atoms with van der Waals surface area (Å²) >= 11 is 0. The Bertz CT molecular complexity index is 1250. The van der Waals surface area contributed by atoms with Crippen molar-refractivity contribution in [2.75, 3.05) is 12.4 Å². The standard InChI is InChI=1S/C22H20N4O3/c1-13(27)16-11-17-19(14(2)28)20-18(29-3)9-10-23-21(20)26(17)22(25-16)24-12-15-7-5-4-6-8-15/h4-11H,12H2,1-3H3,(H,24,25). The Kier molecular flexibility index (Phi) is 4.72. The van der Waals surface area contributed by atoms with Crippen molar-refractivity contribution < 1.29 is 14.3 Å². The number of hydrogen-bond donors (Lipinski definition) is 1. The van der Waals surface area contributed by atoms with E-state index in [1.807, 2.05) is 30.3 Å². The van der Waals surface area contributed by atoms with Gasteiger partial charge in [0.1, 0.15) is 11.4 Å². The topological polar surface area (TPSA) is 85.6 Å². The molecule has 4 aromatic rings. The first-order valence-electron chi connectivity index (χ1n) is 9.19. The third-order valence-electron chi connectivity index (χ3n) is 4.79. The molecule has 0 amide bonds. The van der Waals surface area contributed by atoms with Gasteiger partial charge in [-0.3, -0.25) is 14.0 Å². The summed E-state index contributed by atoms with van der Waals surface area (Å²) in [7, 11) is 1.55. The maximum Gasteiger partial charge on any atom is 0.210 e. The number of methoxy groups -OCH3 is 1. The lowest BCUT2D eigenvalue weighted by Crippen LogP contribution is -2.10. The monoisotopic (exact) mass is 388 g/mol. The van der Waals surface area contributed by atoms with E-state index >= 15 is 0 Å². The minimum absolute atomic E-state index is 0.140. The highest BCUT2D eigenvalue weighted by Crippen LogP contribution is 2.35. The second kappa shape index (κ2) is 7.35. The minimum Gasteiger partial charge on any atom is -0.496 e. The number of ketones is 2. The number of aromatic nitrogens is 3. The van der Waals surface area contributed by atoms with Gasteiger partial charge in [-0.1, -0.05) is 30.3 Å². The molecular weight excluding hydrogens is 368 g/mol. The maximum absolute atomic E-state index is 12.6. The zero-order valence-corrected chi connectivity index (χ0v) is 16.4. The number of benzene rings is 1. The molecule has 0 atom stereocenters. The highest BCUT2D eigenvalue weighted by atomic mass is 16.5. The van der Waals surface area contributed by atoms with E-state index in [2.05, 4.69) is 15.3 Å². The molecule has 0 saturated carbocycles. The van der Waals surface area contributed by atoms with Gasteiger partial charge in [-0.25, -0.2) is 9.97 Å². The second-order valence-corrected chi connectivity index (χ2v) is 6.72. The molecule has 7 heteroatoms. The summed E-state index contributed by atoms with van der Waals surface area (Å²) in [5.41, 5.74) is 2.90. The number of pyridine rings is 1. The van der Waals surface area contributed by atoms with Crippen molar-refractivity contribution in [2.45, 2.75) is 20.4 Å². The van der Waals surface area contributed by atoms with Gasteiger partial charge in [0.05, 0.1) is 23.6 Å². The molecule has 3 heterocycles. The number of nitrogens with one attached hydrogen (secondary N) is 1. The van der Waals surface area contributed by atoms with E-state index in [4.69, 9.17) is 4.74 Å². The molecule has 0 aliphatic rings. The van der Waals surface area contributed by atoms with E-state index in [9.17, 15) is 9.59 Å². The van der Waals surface area contributed by atoms with Gasteiger partial charge in [0.2, 0.25) is 5.95 Å². The number of Topliss-reactive ketones (excluding diaryl/α,β-unsaturated/α-hetero) is 2. The molecule has 0 aliphatic carbocycles. The molecule has 7 nitrogen and oxygen atoms in total. The fourth-order valence-electron chi connectivity index (χ4n) is 3.47. The molecule has 0 spiro atoms. The predicted molar refractivity (Wildman–Crippen MR) is 111 cm³/mol. The summed E-state index contributed by atoms with van der Waals surface area (Å²) in [6, 6.07) is 13.2. The van der Waals surface area contributed by atoms with Gasteiger partial charge in [0.25, 0.3) is 0 Å².